The van der Waals surface area contributed by atoms with Crippen LogP contribution in [0.15, 0.2) is 55.1 Å². The quantitative estimate of drug-likeness (QED) is 0.551. The van der Waals surface area contributed by atoms with Gasteiger partial charge in [0.1, 0.15) is 12.4 Å². The maximum atomic E-state index is 12.9. The highest BCUT2D eigenvalue weighted by atomic mass is 35.5. The Labute approximate surface area is 192 Å². The number of benzene rings is 2. The van der Waals surface area contributed by atoms with Gasteiger partial charge in [-0.05, 0) is 54.8 Å². The number of hydrogen-bond donors (Lipinski definition) is 1. The van der Waals surface area contributed by atoms with E-state index in [-0.39, 0.29) is 18.2 Å². The summed E-state index contributed by atoms with van der Waals surface area (Å²) >= 11 is 11.9. The molecule has 1 N–H and O–H groups in total. The number of sulfonamides is 1. The first kappa shape index (κ1) is 23.6. The highest BCUT2D eigenvalue weighted by Crippen LogP contribution is 2.26. The van der Waals surface area contributed by atoms with Crippen LogP contribution >= 0.6 is 23.2 Å². The van der Waals surface area contributed by atoms with E-state index in [1.807, 2.05) is 0 Å². The van der Waals surface area contributed by atoms with Gasteiger partial charge in [0, 0.05) is 18.8 Å². The molecule has 2 aromatic rings. The van der Waals surface area contributed by atoms with Crippen molar-refractivity contribution in [2.75, 3.05) is 25.0 Å². The van der Waals surface area contributed by atoms with E-state index in [2.05, 4.69) is 11.9 Å². The molecule has 1 aliphatic rings. The molecular weight excluding hydrogens is 459 g/mol. The first-order chi connectivity index (χ1) is 14.8. The molecule has 0 aromatic heterocycles. The number of nitrogens with zero attached hydrogens (tertiary/aromatic N) is 1. The van der Waals surface area contributed by atoms with Gasteiger partial charge in [-0.1, -0.05) is 41.9 Å². The third-order valence-electron chi connectivity index (χ3n) is 4.97. The fourth-order valence-electron chi connectivity index (χ4n) is 3.37. The molecule has 0 unspecified atom stereocenters. The molecule has 0 radical (unpaired) electrons. The Kier molecular flexibility index (Phi) is 8.00. The number of carbonyl (C=O) groups is 1. The molecule has 1 fully saturated rings. The summed E-state index contributed by atoms with van der Waals surface area (Å²) in [5, 5.41) is 3.55. The minimum atomic E-state index is -3.59. The maximum absolute atomic E-state index is 12.9. The molecule has 1 saturated heterocycles. The lowest BCUT2D eigenvalue weighted by atomic mass is 9.99. The van der Waals surface area contributed by atoms with Crippen LogP contribution in [-0.2, 0) is 20.6 Å². The molecule has 31 heavy (non-hydrogen) atoms. The van der Waals surface area contributed by atoms with E-state index >= 15 is 0 Å². The highest BCUT2D eigenvalue weighted by molar-refractivity contribution is 7.88. The number of hydrogen-bond acceptors (Lipinski definition) is 4. The Balaban J connectivity index is 1.61. The van der Waals surface area contributed by atoms with Crippen molar-refractivity contribution in [2.24, 2.45) is 5.92 Å². The van der Waals surface area contributed by atoms with Crippen LogP contribution < -0.4 is 10.1 Å². The van der Waals surface area contributed by atoms with Crippen molar-refractivity contribution >= 4 is 44.8 Å². The summed E-state index contributed by atoms with van der Waals surface area (Å²) in [5.74, 6) is -0.136. The Morgan fingerprint density at radius 3 is 2.61 bits per heavy atom. The van der Waals surface area contributed by atoms with Crippen molar-refractivity contribution in [3.05, 3.63) is 70.7 Å². The van der Waals surface area contributed by atoms with E-state index in [0.29, 0.717) is 53.0 Å². The Morgan fingerprint density at radius 2 is 1.94 bits per heavy atom. The zero-order valence-corrected chi connectivity index (χ0v) is 19.2. The van der Waals surface area contributed by atoms with E-state index < -0.39 is 15.9 Å². The minimum Gasteiger partial charge on any atom is -0.490 e. The number of anilines is 1. The number of amides is 1. The fourth-order valence-corrected chi connectivity index (χ4v) is 5.29. The van der Waals surface area contributed by atoms with Crippen molar-refractivity contribution in [3.8, 4) is 5.75 Å². The van der Waals surface area contributed by atoms with Gasteiger partial charge in [0.25, 0.3) is 0 Å². The second-order valence-corrected chi connectivity index (χ2v) is 10.1. The van der Waals surface area contributed by atoms with Crippen LogP contribution in [-0.4, -0.2) is 38.3 Å². The molecule has 9 heteroatoms. The number of nitrogens with one attached hydrogen (secondary N) is 1. The van der Waals surface area contributed by atoms with Gasteiger partial charge >= 0.3 is 0 Å². The van der Waals surface area contributed by atoms with Gasteiger partial charge in [-0.2, -0.15) is 0 Å². The standard InChI is InChI=1S/C22H24Cl2N2O4S/c1-2-12-30-19-8-6-18(7-9-19)25-22(27)17-4-3-11-26(14-17)31(28,29)15-16-5-10-20(23)21(24)13-16/h2,5-10,13,17H,1,3-4,11-12,14-15H2,(H,25,27)/t17-/m1/s1. The minimum absolute atomic E-state index is 0.149. The molecule has 0 saturated carbocycles. The van der Waals surface area contributed by atoms with Crippen LogP contribution in [0.3, 0.4) is 0 Å². The van der Waals surface area contributed by atoms with Crippen molar-refractivity contribution in [1.29, 1.82) is 0 Å². The van der Waals surface area contributed by atoms with E-state index in [0.717, 1.165) is 0 Å². The molecular formula is C22H24Cl2N2O4S. The summed E-state index contributed by atoms with van der Waals surface area (Å²) in [4.78, 5) is 12.7. The summed E-state index contributed by atoms with van der Waals surface area (Å²) in [6.07, 6.45) is 2.90. The summed E-state index contributed by atoms with van der Waals surface area (Å²) in [6.45, 7) is 4.54. The van der Waals surface area contributed by atoms with E-state index in [1.165, 1.54) is 4.31 Å². The molecule has 0 spiro atoms. The van der Waals surface area contributed by atoms with E-state index in [9.17, 15) is 13.2 Å². The summed E-state index contributed by atoms with van der Waals surface area (Å²) < 4.78 is 32.6. The zero-order valence-electron chi connectivity index (χ0n) is 16.9. The summed E-state index contributed by atoms with van der Waals surface area (Å²) in [7, 11) is -3.59. The SMILES string of the molecule is C=CCOc1ccc(NC(=O)[C@@H]2CCCN(S(=O)(=O)Cc3ccc(Cl)c(Cl)c3)C2)cc1. The fraction of sp³-hybridized carbons (Fsp3) is 0.318. The molecule has 0 bridgehead atoms. The largest absolute Gasteiger partial charge is 0.490 e. The number of rotatable bonds is 8. The lowest BCUT2D eigenvalue weighted by Gasteiger charge is -2.31. The molecule has 1 atom stereocenters. The molecule has 2 aromatic carbocycles. The average molecular weight is 483 g/mol. The maximum Gasteiger partial charge on any atom is 0.228 e. The monoisotopic (exact) mass is 482 g/mol. The van der Waals surface area contributed by atoms with Gasteiger partial charge in [0.05, 0.1) is 21.7 Å². The normalized spacial score (nSPS) is 17.2. The van der Waals surface area contributed by atoms with Crippen LogP contribution in [0, 0.1) is 5.92 Å². The number of piperidine rings is 1. The van der Waals surface area contributed by atoms with Crippen LogP contribution in [0.2, 0.25) is 10.0 Å². The molecule has 1 amide bonds. The third kappa shape index (κ3) is 6.46. The van der Waals surface area contributed by atoms with Crippen molar-refractivity contribution in [2.45, 2.75) is 18.6 Å². The first-order valence-electron chi connectivity index (χ1n) is 9.85. The van der Waals surface area contributed by atoms with E-state index in [4.69, 9.17) is 27.9 Å². The van der Waals surface area contributed by atoms with Crippen LogP contribution in [0.4, 0.5) is 5.69 Å². The summed E-state index contributed by atoms with van der Waals surface area (Å²) in [5.41, 5.74) is 1.19. The highest BCUT2D eigenvalue weighted by Gasteiger charge is 2.32. The zero-order chi connectivity index (χ0) is 22.4. The van der Waals surface area contributed by atoms with Gasteiger partial charge in [0.2, 0.25) is 15.9 Å². The first-order valence-corrected chi connectivity index (χ1v) is 12.2. The number of ether oxygens (including phenoxy) is 1. The third-order valence-corrected chi connectivity index (χ3v) is 7.53. The predicted octanol–water partition coefficient (Wildman–Crippen LogP) is 4.74. The molecule has 1 aliphatic heterocycles. The van der Waals surface area contributed by atoms with Crippen molar-refractivity contribution < 1.29 is 17.9 Å². The van der Waals surface area contributed by atoms with Crippen molar-refractivity contribution in [3.63, 3.8) is 0 Å². The molecule has 0 aliphatic carbocycles. The molecule has 3 rings (SSSR count). The molecule has 166 valence electrons. The van der Waals surface area contributed by atoms with Gasteiger partial charge in [-0.3, -0.25) is 4.79 Å². The molecule has 1 heterocycles. The van der Waals surface area contributed by atoms with Gasteiger partial charge in [0.15, 0.2) is 0 Å². The number of carbonyl (C=O) groups excluding carboxylic acids is 1. The van der Waals surface area contributed by atoms with Crippen molar-refractivity contribution in [1.82, 2.24) is 4.31 Å². The Bertz CT molecular complexity index is 1040. The van der Waals surface area contributed by atoms with Crippen LogP contribution in [0.5, 0.6) is 5.75 Å². The second kappa shape index (κ2) is 10.5. The van der Waals surface area contributed by atoms with Crippen LogP contribution in [0.25, 0.3) is 0 Å². The topological polar surface area (TPSA) is 75.7 Å². The second-order valence-electron chi connectivity index (χ2n) is 7.32. The Hall–Kier alpha value is -2.06. The lowest BCUT2D eigenvalue weighted by molar-refractivity contribution is -0.120. The smallest absolute Gasteiger partial charge is 0.228 e. The summed E-state index contributed by atoms with van der Waals surface area (Å²) in [6, 6.07) is 11.8. The van der Waals surface area contributed by atoms with Gasteiger partial charge in [-0.25, -0.2) is 12.7 Å². The molecule has 6 nitrogen and oxygen atoms in total. The average Bonchev–Trinajstić information content (AvgIpc) is 2.76. The van der Waals surface area contributed by atoms with E-state index in [1.54, 1.807) is 48.5 Å². The van der Waals surface area contributed by atoms with Gasteiger partial charge in [-0.15, -0.1) is 0 Å². The Morgan fingerprint density at radius 1 is 1.19 bits per heavy atom. The lowest BCUT2D eigenvalue weighted by Crippen LogP contribution is -2.44. The van der Waals surface area contributed by atoms with Gasteiger partial charge < -0.3 is 10.1 Å². The number of halogens is 2. The van der Waals surface area contributed by atoms with Crippen LogP contribution in [0.1, 0.15) is 18.4 Å². The predicted molar refractivity (Wildman–Crippen MR) is 124 cm³/mol.